The monoisotopic (exact) mass is 209 g/mol. The molecule has 0 bridgehead atoms. The third-order valence-electron chi connectivity index (χ3n) is 1.89. The Morgan fingerprint density at radius 3 is 2.67 bits per heavy atom. The van der Waals surface area contributed by atoms with E-state index in [4.69, 9.17) is 0 Å². The summed E-state index contributed by atoms with van der Waals surface area (Å²) in [5.41, 5.74) is 0. The van der Waals surface area contributed by atoms with E-state index in [-0.39, 0.29) is 22.8 Å². The summed E-state index contributed by atoms with van der Waals surface area (Å²) in [7, 11) is -2.92. The molecule has 0 unspecified atom stereocenters. The summed E-state index contributed by atoms with van der Waals surface area (Å²) >= 11 is 1.48. The normalized spacial score (nSPS) is 33.1. The molecule has 1 heterocycles. The number of hydrogen-bond donors (Lipinski definition) is 1. The lowest BCUT2D eigenvalue weighted by Gasteiger charge is -2.13. The number of thioether (sulfide) groups is 1. The van der Waals surface area contributed by atoms with Gasteiger partial charge in [0.25, 0.3) is 0 Å². The summed E-state index contributed by atoms with van der Waals surface area (Å²) in [6.45, 7) is 0. The zero-order chi connectivity index (χ0) is 9.19. The number of amides is 1. The van der Waals surface area contributed by atoms with Gasteiger partial charge in [-0.1, -0.05) is 0 Å². The third-order valence-corrected chi connectivity index (χ3v) is 4.93. The highest BCUT2D eigenvalue weighted by atomic mass is 32.2. The van der Waals surface area contributed by atoms with E-state index in [0.29, 0.717) is 6.41 Å². The lowest BCUT2D eigenvalue weighted by Crippen LogP contribution is -2.36. The predicted octanol–water partition coefficient (Wildman–Crippen LogP) is -0.739. The fourth-order valence-electron chi connectivity index (χ4n) is 1.29. The molecule has 12 heavy (non-hydrogen) atoms. The Hall–Kier alpha value is -0.230. The van der Waals surface area contributed by atoms with Crippen molar-refractivity contribution in [1.82, 2.24) is 5.32 Å². The topological polar surface area (TPSA) is 63.2 Å². The highest BCUT2D eigenvalue weighted by Gasteiger charge is 2.36. The Kier molecular flexibility index (Phi) is 3.00. The number of nitrogens with one attached hydrogen (secondary N) is 1. The summed E-state index contributed by atoms with van der Waals surface area (Å²) in [6, 6.07) is -0.206. The number of hydrogen-bond acceptors (Lipinski definition) is 4. The van der Waals surface area contributed by atoms with Crippen molar-refractivity contribution < 1.29 is 13.2 Å². The molecule has 4 nitrogen and oxygen atoms in total. The average Bonchev–Trinajstić information content (AvgIpc) is 2.26. The Bertz CT molecular complexity index is 262. The lowest BCUT2D eigenvalue weighted by atomic mass is 10.3. The van der Waals surface area contributed by atoms with Crippen LogP contribution in [0.25, 0.3) is 0 Å². The average molecular weight is 209 g/mol. The molecule has 0 saturated carbocycles. The van der Waals surface area contributed by atoms with E-state index < -0.39 is 9.84 Å². The van der Waals surface area contributed by atoms with Gasteiger partial charge in [0.1, 0.15) is 0 Å². The predicted molar refractivity (Wildman–Crippen MR) is 48.9 cm³/mol. The maximum absolute atomic E-state index is 11.1. The summed E-state index contributed by atoms with van der Waals surface area (Å²) in [5, 5.41) is 2.53. The summed E-state index contributed by atoms with van der Waals surface area (Å²) in [6.07, 6.45) is 2.42. The molecule has 0 aliphatic carbocycles. The van der Waals surface area contributed by atoms with Crippen LogP contribution < -0.4 is 5.32 Å². The highest BCUT2D eigenvalue weighted by Crippen LogP contribution is 2.22. The standard InChI is InChI=1S/C6H11NO3S2/c1-11-6-3-12(9,10)2-5(6)7-4-8/h4-6H,2-3H2,1H3,(H,7,8)/t5-,6-/m1/s1. The minimum Gasteiger partial charge on any atom is -0.354 e. The largest absolute Gasteiger partial charge is 0.354 e. The van der Waals surface area contributed by atoms with E-state index in [0.717, 1.165) is 0 Å². The van der Waals surface area contributed by atoms with Crippen molar-refractivity contribution in [3.05, 3.63) is 0 Å². The smallest absolute Gasteiger partial charge is 0.207 e. The minimum atomic E-state index is -2.92. The van der Waals surface area contributed by atoms with Gasteiger partial charge in [-0.3, -0.25) is 4.79 Å². The van der Waals surface area contributed by atoms with Crippen LogP contribution in [-0.2, 0) is 14.6 Å². The van der Waals surface area contributed by atoms with Crippen LogP contribution in [-0.4, -0.2) is 43.9 Å². The quantitative estimate of drug-likeness (QED) is 0.622. The van der Waals surface area contributed by atoms with Crippen molar-refractivity contribution in [2.75, 3.05) is 17.8 Å². The van der Waals surface area contributed by atoms with Crippen LogP contribution >= 0.6 is 11.8 Å². The fraction of sp³-hybridized carbons (Fsp3) is 0.833. The van der Waals surface area contributed by atoms with Gasteiger partial charge in [-0.15, -0.1) is 0 Å². The Morgan fingerprint density at radius 2 is 2.17 bits per heavy atom. The molecule has 1 N–H and O–H groups in total. The fourth-order valence-corrected chi connectivity index (χ4v) is 4.83. The summed E-state index contributed by atoms with van der Waals surface area (Å²) in [4.78, 5) is 10.1. The molecule has 1 amide bonds. The second kappa shape index (κ2) is 3.66. The molecule has 0 spiro atoms. The van der Waals surface area contributed by atoms with Gasteiger partial charge in [0.15, 0.2) is 9.84 Å². The molecular weight excluding hydrogens is 198 g/mol. The van der Waals surface area contributed by atoms with Crippen molar-refractivity contribution in [3.63, 3.8) is 0 Å². The highest BCUT2D eigenvalue weighted by molar-refractivity contribution is 8.01. The van der Waals surface area contributed by atoms with Crippen molar-refractivity contribution in [2.24, 2.45) is 0 Å². The summed E-state index contributed by atoms with van der Waals surface area (Å²) in [5.74, 6) is 0.261. The van der Waals surface area contributed by atoms with E-state index in [1.54, 1.807) is 0 Å². The molecule has 1 aliphatic heterocycles. The van der Waals surface area contributed by atoms with Gasteiger partial charge in [-0.05, 0) is 6.26 Å². The maximum Gasteiger partial charge on any atom is 0.207 e. The first-order chi connectivity index (χ1) is 5.59. The van der Waals surface area contributed by atoms with Crippen molar-refractivity contribution >= 4 is 28.0 Å². The van der Waals surface area contributed by atoms with Gasteiger partial charge in [-0.25, -0.2) is 8.42 Å². The van der Waals surface area contributed by atoms with E-state index in [1.165, 1.54) is 11.8 Å². The van der Waals surface area contributed by atoms with Crippen LogP contribution in [0, 0.1) is 0 Å². The second-order valence-corrected chi connectivity index (χ2v) is 5.97. The van der Waals surface area contributed by atoms with E-state index in [1.807, 2.05) is 6.26 Å². The van der Waals surface area contributed by atoms with Crippen LogP contribution in [0.1, 0.15) is 0 Å². The molecule has 0 aromatic carbocycles. The van der Waals surface area contributed by atoms with Gasteiger partial charge in [0.05, 0.1) is 17.5 Å². The number of carbonyl (C=O) groups is 1. The maximum atomic E-state index is 11.1. The van der Waals surface area contributed by atoms with Crippen LogP contribution in [0.2, 0.25) is 0 Å². The first kappa shape index (κ1) is 9.85. The van der Waals surface area contributed by atoms with Gasteiger partial charge >= 0.3 is 0 Å². The zero-order valence-corrected chi connectivity index (χ0v) is 8.32. The second-order valence-electron chi connectivity index (χ2n) is 2.74. The van der Waals surface area contributed by atoms with Crippen LogP contribution in [0.5, 0.6) is 0 Å². The molecule has 0 aromatic rings. The summed E-state index contributed by atoms with van der Waals surface area (Å²) < 4.78 is 22.2. The van der Waals surface area contributed by atoms with E-state index >= 15 is 0 Å². The lowest BCUT2D eigenvalue weighted by molar-refractivity contribution is -0.110. The molecular formula is C6H11NO3S2. The molecule has 6 heteroatoms. The molecule has 70 valence electrons. The third kappa shape index (κ3) is 2.13. The molecule has 2 atom stereocenters. The zero-order valence-electron chi connectivity index (χ0n) is 6.69. The first-order valence-corrected chi connectivity index (χ1v) is 6.63. The Labute approximate surface area is 76.0 Å². The van der Waals surface area contributed by atoms with Gasteiger partial charge < -0.3 is 5.32 Å². The minimum absolute atomic E-state index is 0.0141. The van der Waals surface area contributed by atoms with Crippen molar-refractivity contribution in [2.45, 2.75) is 11.3 Å². The number of sulfone groups is 1. The number of carbonyl (C=O) groups excluding carboxylic acids is 1. The SMILES string of the molecule is CS[C@@H]1CS(=O)(=O)C[C@H]1NC=O. The van der Waals surface area contributed by atoms with Crippen LogP contribution in [0.4, 0.5) is 0 Å². The molecule has 1 saturated heterocycles. The first-order valence-electron chi connectivity index (χ1n) is 3.52. The van der Waals surface area contributed by atoms with Gasteiger partial charge in [0.2, 0.25) is 6.41 Å². The molecule has 1 rings (SSSR count). The van der Waals surface area contributed by atoms with Gasteiger partial charge in [-0.2, -0.15) is 11.8 Å². The van der Waals surface area contributed by atoms with E-state index in [9.17, 15) is 13.2 Å². The Balaban J connectivity index is 2.69. The number of rotatable bonds is 3. The molecule has 1 fully saturated rings. The molecule has 1 aliphatic rings. The van der Waals surface area contributed by atoms with Crippen LogP contribution in [0.3, 0.4) is 0 Å². The molecule has 0 aromatic heterocycles. The van der Waals surface area contributed by atoms with Gasteiger partial charge in [0, 0.05) is 5.25 Å². The Morgan fingerprint density at radius 1 is 1.50 bits per heavy atom. The van der Waals surface area contributed by atoms with Crippen molar-refractivity contribution in [3.8, 4) is 0 Å². The van der Waals surface area contributed by atoms with Crippen LogP contribution in [0.15, 0.2) is 0 Å². The van der Waals surface area contributed by atoms with Crippen molar-refractivity contribution in [1.29, 1.82) is 0 Å². The van der Waals surface area contributed by atoms with E-state index in [2.05, 4.69) is 5.32 Å². The molecule has 0 radical (unpaired) electrons.